The Morgan fingerprint density at radius 1 is 1.09 bits per heavy atom. The fourth-order valence-corrected chi connectivity index (χ4v) is 2.54. The van der Waals surface area contributed by atoms with Crippen LogP contribution in [0.1, 0.15) is 28.9 Å². The van der Waals surface area contributed by atoms with E-state index in [-0.39, 0.29) is 24.1 Å². The third kappa shape index (κ3) is 5.50. The number of hydrogen-bond acceptors (Lipinski definition) is 5. The predicted molar refractivity (Wildman–Crippen MR) is 89.1 cm³/mol. The molecule has 0 aliphatic carbocycles. The summed E-state index contributed by atoms with van der Waals surface area (Å²) >= 11 is 0. The Hall–Kier alpha value is -2.18. The lowest BCUT2D eigenvalue weighted by Crippen LogP contribution is -2.26. The zero-order valence-electron chi connectivity index (χ0n) is 13.0. The highest BCUT2D eigenvalue weighted by Crippen LogP contribution is 2.15. The molecule has 0 aromatic heterocycles. The highest BCUT2D eigenvalue weighted by atomic mass is 32.2. The largest absolute Gasteiger partial charge is 0.383 e. The van der Waals surface area contributed by atoms with E-state index in [1.54, 1.807) is 12.1 Å². The van der Waals surface area contributed by atoms with Gasteiger partial charge in [-0.15, -0.1) is 0 Å². The Bertz CT molecular complexity index is 755. The van der Waals surface area contributed by atoms with E-state index < -0.39 is 10.1 Å². The third-order valence-corrected chi connectivity index (χ3v) is 3.79. The maximum absolute atomic E-state index is 12.2. The molecule has 0 unspecified atom stereocenters. The Morgan fingerprint density at radius 2 is 1.70 bits per heavy atom. The van der Waals surface area contributed by atoms with Crippen molar-refractivity contribution in [2.24, 2.45) is 0 Å². The van der Waals surface area contributed by atoms with Crippen molar-refractivity contribution < 1.29 is 17.4 Å². The molecule has 0 fully saturated rings. The minimum absolute atomic E-state index is 0.0630. The van der Waals surface area contributed by atoms with E-state index in [4.69, 9.17) is 4.18 Å². The van der Waals surface area contributed by atoms with Gasteiger partial charge in [-0.25, -0.2) is 0 Å². The number of hydrogen-bond donors (Lipinski definition) is 1. The van der Waals surface area contributed by atoms with E-state index in [0.717, 1.165) is 11.8 Å². The van der Waals surface area contributed by atoms with Crippen LogP contribution in [0.25, 0.3) is 0 Å². The van der Waals surface area contributed by atoms with Crippen LogP contribution in [0.4, 0.5) is 0 Å². The van der Waals surface area contributed by atoms with Crippen LogP contribution in [0, 0.1) is 0 Å². The van der Waals surface area contributed by atoms with Gasteiger partial charge in [-0.2, -0.15) is 8.42 Å². The van der Waals surface area contributed by atoms with Crippen LogP contribution >= 0.6 is 0 Å². The Kier molecular flexibility index (Phi) is 5.52. The fourth-order valence-electron chi connectivity index (χ4n) is 2.08. The van der Waals surface area contributed by atoms with E-state index in [1.807, 2.05) is 37.3 Å². The smallest absolute Gasteiger partial charge is 0.306 e. The van der Waals surface area contributed by atoms with Gasteiger partial charge in [-0.1, -0.05) is 30.3 Å². The highest BCUT2D eigenvalue weighted by Gasteiger charge is 2.10. The molecule has 5 nitrogen and oxygen atoms in total. The zero-order chi connectivity index (χ0) is 16.9. The van der Waals surface area contributed by atoms with Gasteiger partial charge in [0.2, 0.25) is 0 Å². The van der Waals surface area contributed by atoms with Crippen molar-refractivity contribution in [2.45, 2.75) is 13.0 Å². The van der Waals surface area contributed by atoms with Crippen molar-refractivity contribution in [3.05, 3.63) is 65.7 Å². The molecule has 0 aliphatic heterocycles. The molecule has 0 saturated heterocycles. The van der Waals surface area contributed by atoms with E-state index in [1.165, 1.54) is 12.1 Å². The summed E-state index contributed by atoms with van der Waals surface area (Å²) in [7, 11) is -3.56. The summed E-state index contributed by atoms with van der Waals surface area (Å²) < 4.78 is 26.8. The summed E-state index contributed by atoms with van der Waals surface area (Å²) in [4.78, 5) is 12.2. The molecule has 0 bridgehead atoms. The zero-order valence-corrected chi connectivity index (χ0v) is 13.8. The predicted octanol–water partition coefficient (Wildman–Crippen LogP) is 2.56. The number of benzene rings is 2. The van der Waals surface area contributed by atoms with Crippen LogP contribution in [0.3, 0.4) is 0 Å². The summed E-state index contributed by atoms with van der Waals surface area (Å²) in [6.07, 6.45) is 0.973. The van der Waals surface area contributed by atoms with Crippen LogP contribution in [0.15, 0.2) is 54.6 Å². The molecule has 0 amide bonds. The second-order valence-electron chi connectivity index (χ2n) is 5.25. The summed E-state index contributed by atoms with van der Waals surface area (Å²) in [5.41, 5.74) is 1.61. The number of nitrogens with one attached hydrogen (secondary N) is 1. The molecule has 0 spiro atoms. The van der Waals surface area contributed by atoms with Crippen LogP contribution in [-0.4, -0.2) is 27.0 Å². The van der Waals surface area contributed by atoms with Gasteiger partial charge in [-0.3, -0.25) is 4.79 Å². The molecule has 1 N–H and O–H groups in total. The number of ketones is 1. The number of carbonyl (C=O) groups is 1. The average molecular weight is 333 g/mol. The molecule has 0 saturated carbocycles. The summed E-state index contributed by atoms with van der Waals surface area (Å²) in [5, 5.41) is 3.17. The van der Waals surface area contributed by atoms with Crippen molar-refractivity contribution >= 4 is 15.9 Å². The van der Waals surface area contributed by atoms with Gasteiger partial charge in [0.25, 0.3) is 0 Å². The lowest BCUT2D eigenvalue weighted by atomic mass is 10.1. The van der Waals surface area contributed by atoms with E-state index >= 15 is 0 Å². The molecule has 6 heteroatoms. The highest BCUT2D eigenvalue weighted by molar-refractivity contribution is 7.86. The number of carbonyl (C=O) groups excluding carboxylic acids is 1. The molecular formula is C17H19NO4S. The first kappa shape index (κ1) is 17.2. The standard InChI is InChI=1S/C17H19NO4S/c1-13(14-6-4-3-5-7-14)18-12-17(19)15-8-10-16(11-9-15)22-23(2,20)21/h3-11,13,18H,12H2,1-2H3/t13-/m0/s1. The second kappa shape index (κ2) is 7.39. The van der Waals surface area contributed by atoms with Gasteiger partial charge >= 0.3 is 10.1 Å². The van der Waals surface area contributed by atoms with Crippen molar-refractivity contribution in [2.75, 3.05) is 12.8 Å². The van der Waals surface area contributed by atoms with E-state index in [0.29, 0.717) is 5.56 Å². The molecule has 0 aliphatic rings. The van der Waals surface area contributed by atoms with E-state index in [9.17, 15) is 13.2 Å². The summed E-state index contributed by atoms with van der Waals surface area (Å²) in [6, 6.07) is 16.0. The minimum atomic E-state index is -3.56. The second-order valence-corrected chi connectivity index (χ2v) is 6.82. The van der Waals surface area contributed by atoms with Gasteiger partial charge in [0.15, 0.2) is 5.78 Å². The first-order valence-corrected chi connectivity index (χ1v) is 8.98. The van der Waals surface area contributed by atoms with Crippen LogP contribution < -0.4 is 9.50 Å². The van der Waals surface area contributed by atoms with Crippen molar-refractivity contribution in [3.63, 3.8) is 0 Å². The average Bonchev–Trinajstić information content (AvgIpc) is 2.52. The minimum Gasteiger partial charge on any atom is -0.383 e. The van der Waals surface area contributed by atoms with Gasteiger partial charge in [0, 0.05) is 11.6 Å². The summed E-state index contributed by atoms with van der Waals surface area (Å²) in [6.45, 7) is 2.19. The maximum Gasteiger partial charge on any atom is 0.306 e. The quantitative estimate of drug-likeness (QED) is 0.623. The Balaban J connectivity index is 1.93. The van der Waals surface area contributed by atoms with Gasteiger partial charge in [0.05, 0.1) is 12.8 Å². The summed E-state index contributed by atoms with van der Waals surface area (Å²) in [5.74, 6) is 0.119. The maximum atomic E-state index is 12.2. The molecule has 2 rings (SSSR count). The SMILES string of the molecule is C[C@H](NCC(=O)c1ccc(OS(C)(=O)=O)cc1)c1ccccc1. The van der Waals surface area contributed by atoms with Crippen molar-refractivity contribution in [1.29, 1.82) is 0 Å². The van der Waals surface area contributed by atoms with Crippen molar-refractivity contribution in [1.82, 2.24) is 5.32 Å². The van der Waals surface area contributed by atoms with E-state index in [2.05, 4.69) is 5.32 Å². The number of Topliss-reactive ketones (excluding diaryl/α,β-unsaturated/α-hetero) is 1. The van der Waals surface area contributed by atoms with Gasteiger partial charge in [-0.05, 0) is 36.8 Å². The van der Waals surface area contributed by atoms with Gasteiger partial charge in [0.1, 0.15) is 5.75 Å². The lowest BCUT2D eigenvalue weighted by molar-refractivity contribution is 0.0988. The van der Waals surface area contributed by atoms with Crippen LogP contribution in [-0.2, 0) is 10.1 Å². The van der Waals surface area contributed by atoms with Crippen LogP contribution in [0.2, 0.25) is 0 Å². The molecule has 23 heavy (non-hydrogen) atoms. The van der Waals surface area contributed by atoms with Gasteiger partial charge < -0.3 is 9.50 Å². The fraction of sp³-hybridized carbons (Fsp3) is 0.235. The van der Waals surface area contributed by atoms with Crippen LogP contribution in [0.5, 0.6) is 5.75 Å². The molecule has 1 atom stereocenters. The molecule has 2 aromatic carbocycles. The normalized spacial score (nSPS) is 12.6. The Morgan fingerprint density at radius 3 is 2.26 bits per heavy atom. The number of rotatable bonds is 7. The topological polar surface area (TPSA) is 72.5 Å². The van der Waals surface area contributed by atoms with Crippen molar-refractivity contribution in [3.8, 4) is 5.75 Å². The Labute approximate surface area is 136 Å². The third-order valence-electron chi connectivity index (χ3n) is 3.29. The molecule has 0 heterocycles. The molecular weight excluding hydrogens is 314 g/mol. The molecule has 122 valence electrons. The monoisotopic (exact) mass is 333 g/mol. The molecule has 2 aromatic rings. The first-order chi connectivity index (χ1) is 10.8. The lowest BCUT2D eigenvalue weighted by Gasteiger charge is -2.13. The first-order valence-electron chi connectivity index (χ1n) is 7.16. The molecule has 0 radical (unpaired) electrons.